The van der Waals surface area contributed by atoms with Crippen molar-refractivity contribution in [2.24, 2.45) is 0 Å². The highest BCUT2D eigenvalue weighted by Crippen LogP contribution is 2.22. The molecule has 0 heterocycles. The maximum atomic E-state index is 14.0. The monoisotopic (exact) mass is 299 g/mol. The average Bonchev–Trinajstić information content (AvgIpc) is 2.54. The molecule has 0 radical (unpaired) electrons. The molecule has 0 bridgehead atoms. The zero-order valence-corrected chi connectivity index (χ0v) is 12.4. The number of ether oxygens (including phenoxy) is 1. The van der Waals surface area contributed by atoms with Crippen molar-refractivity contribution in [2.45, 2.75) is 20.0 Å². The van der Waals surface area contributed by atoms with Gasteiger partial charge >= 0.3 is 0 Å². The van der Waals surface area contributed by atoms with Crippen LogP contribution in [0.25, 0.3) is 0 Å². The maximum absolute atomic E-state index is 14.0. The molecule has 22 heavy (non-hydrogen) atoms. The van der Waals surface area contributed by atoms with Crippen molar-refractivity contribution in [2.75, 3.05) is 5.32 Å². The van der Waals surface area contributed by atoms with Crippen LogP contribution in [-0.4, -0.2) is 5.91 Å². The first-order chi connectivity index (χ1) is 10.6. The minimum Gasteiger partial charge on any atom is -0.486 e. The first kappa shape index (κ1) is 15.8. The molecule has 1 N–H and O–H groups in total. The largest absolute Gasteiger partial charge is 0.486 e. The second-order valence-electron chi connectivity index (χ2n) is 4.80. The molecule has 4 heteroatoms. The molecule has 0 aliphatic heterocycles. The Morgan fingerprint density at radius 2 is 2.05 bits per heavy atom. The summed E-state index contributed by atoms with van der Waals surface area (Å²) in [5.74, 6) is -0.753. The molecule has 0 aliphatic carbocycles. The third kappa shape index (κ3) is 4.19. The molecule has 0 aliphatic rings. The molecule has 0 saturated carbocycles. The van der Waals surface area contributed by atoms with Gasteiger partial charge in [0.05, 0.1) is 0 Å². The lowest BCUT2D eigenvalue weighted by atomic mass is 10.1. The van der Waals surface area contributed by atoms with Crippen molar-refractivity contribution in [3.63, 3.8) is 0 Å². The summed E-state index contributed by atoms with van der Waals surface area (Å²) in [6.45, 7) is 5.72. The topological polar surface area (TPSA) is 38.3 Å². The highest BCUT2D eigenvalue weighted by Gasteiger charge is 2.06. The number of nitrogens with one attached hydrogen (secondary N) is 1. The van der Waals surface area contributed by atoms with Crippen LogP contribution in [0.5, 0.6) is 5.75 Å². The zero-order chi connectivity index (χ0) is 15.9. The van der Waals surface area contributed by atoms with Gasteiger partial charge in [-0.15, -0.1) is 0 Å². The van der Waals surface area contributed by atoms with Crippen LogP contribution in [-0.2, 0) is 17.8 Å². The van der Waals surface area contributed by atoms with E-state index in [2.05, 4.69) is 18.8 Å². The first-order valence-corrected chi connectivity index (χ1v) is 7.06. The fourth-order valence-corrected chi connectivity index (χ4v) is 1.99. The average molecular weight is 299 g/mol. The highest BCUT2D eigenvalue weighted by atomic mass is 19.1. The SMILES string of the molecule is C=CC(=O)Nc1ccc(OCc2cccc(CC)c2)c(F)c1. The molecular formula is C18H18FNO2. The molecule has 0 fully saturated rings. The number of carbonyl (C=O) groups is 1. The summed E-state index contributed by atoms with van der Waals surface area (Å²) in [5, 5.41) is 2.50. The van der Waals surface area contributed by atoms with E-state index in [4.69, 9.17) is 4.74 Å². The van der Waals surface area contributed by atoms with Crippen LogP contribution in [0, 0.1) is 5.82 Å². The van der Waals surface area contributed by atoms with Gasteiger partial charge in [-0.3, -0.25) is 4.79 Å². The third-order valence-corrected chi connectivity index (χ3v) is 3.18. The van der Waals surface area contributed by atoms with Crippen LogP contribution in [0.4, 0.5) is 10.1 Å². The predicted molar refractivity (Wildman–Crippen MR) is 85.4 cm³/mol. The van der Waals surface area contributed by atoms with Crippen molar-refractivity contribution in [1.82, 2.24) is 0 Å². The number of hydrogen-bond donors (Lipinski definition) is 1. The Kier molecular flexibility index (Phi) is 5.31. The number of aryl methyl sites for hydroxylation is 1. The summed E-state index contributed by atoms with van der Waals surface area (Å²) in [4.78, 5) is 11.2. The molecule has 1 amide bonds. The number of rotatable bonds is 6. The van der Waals surface area contributed by atoms with E-state index >= 15 is 0 Å². The zero-order valence-electron chi connectivity index (χ0n) is 12.4. The lowest BCUT2D eigenvalue weighted by Crippen LogP contribution is -2.07. The van der Waals surface area contributed by atoms with Crippen molar-refractivity contribution in [3.8, 4) is 5.75 Å². The number of amides is 1. The molecule has 0 atom stereocenters. The van der Waals surface area contributed by atoms with Gasteiger partial charge in [-0.25, -0.2) is 4.39 Å². The van der Waals surface area contributed by atoms with E-state index in [9.17, 15) is 9.18 Å². The quantitative estimate of drug-likeness (QED) is 0.816. The number of anilines is 1. The number of hydrogen-bond acceptors (Lipinski definition) is 2. The molecule has 2 aromatic carbocycles. The summed E-state index contributed by atoms with van der Waals surface area (Å²) in [6.07, 6.45) is 2.07. The van der Waals surface area contributed by atoms with Gasteiger partial charge in [-0.2, -0.15) is 0 Å². The molecule has 114 valence electrons. The van der Waals surface area contributed by atoms with Crippen LogP contribution in [0.3, 0.4) is 0 Å². The molecule has 0 aromatic heterocycles. The minimum absolute atomic E-state index is 0.151. The predicted octanol–water partition coefficient (Wildman–Crippen LogP) is 4.09. The first-order valence-electron chi connectivity index (χ1n) is 7.06. The Morgan fingerprint density at radius 1 is 1.27 bits per heavy atom. The molecule has 2 rings (SSSR count). The van der Waals surface area contributed by atoms with Gasteiger partial charge in [-0.05, 0) is 35.8 Å². The number of benzene rings is 2. The van der Waals surface area contributed by atoms with Crippen LogP contribution < -0.4 is 10.1 Å². The lowest BCUT2D eigenvalue weighted by Gasteiger charge is -2.10. The van der Waals surface area contributed by atoms with E-state index in [1.165, 1.54) is 17.7 Å². The van der Waals surface area contributed by atoms with E-state index < -0.39 is 5.82 Å². The van der Waals surface area contributed by atoms with Gasteiger partial charge in [0, 0.05) is 11.8 Å². The van der Waals surface area contributed by atoms with Crippen LogP contribution in [0.2, 0.25) is 0 Å². The minimum atomic E-state index is -0.520. The molecule has 3 nitrogen and oxygen atoms in total. The summed E-state index contributed by atoms with van der Waals surface area (Å²) in [7, 11) is 0. The van der Waals surface area contributed by atoms with E-state index in [0.717, 1.165) is 18.1 Å². The van der Waals surface area contributed by atoms with E-state index in [0.29, 0.717) is 12.3 Å². The molecule has 2 aromatic rings. The smallest absolute Gasteiger partial charge is 0.247 e. The van der Waals surface area contributed by atoms with E-state index in [-0.39, 0.29) is 11.7 Å². The van der Waals surface area contributed by atoms with Gasteiger partial charge in [0.15, 0.2) is 11.6 Å². The normalized spacial score (nSPS) is 10.1. The standard InChI is InChI=1S/C18H18FNO2/c1-3-13-6-5-7-14(10-13)12-22-17-9-8-15(11-16(17)19)20-18(21)4-2/h4-11H,2-3,12H2,1H3,(H,20,21). The molecular weight excluding hydrogens is 281 g/mol. The van der Waals surface area contributed by atoms with E-state index in [1.807, 2.05) is 24.3 Å². The fraction of sp³-hybridized carbons (Fsp3) is 0.167. The lowest BCUT2D eigenvalue weighted by molar-refractivity contribution is -0.111. The van der Waals surface area contributed by atoms with Crippen molar-refractivity contribution in [1.29, 1.82) is 0 Å². The summed E-state index contributed by atoms with van der Waals surface area (Å²) < 4.78 is 19.5. The van der Waals surface area contributed by atoms with Crippen molar-refractivity contribution >= 4 is 11.6 Å². The fourth-order valence-electron chi connectivity index (χ4n) is 1.99. The Bertz CT molecular complexity index is 683. The van der Waals surface area contributed by atoms with Crippen LogP contribution >= 0.6 is 0 Å². The Labute approximate surface area is 129 Å². The van der Waals surface area contributed by atoms with Crippen molar-refractivity contribution < 1.29 is 13.9 Å². The van der Waals surface area contributed by atoms with Crippen LogP contribution in [0.1, 0.15) is 18.1 Å². The summed E-state index contributed by atoms with van der Waals surface area (Å²) in [5.41, 5.74) is 2.56. The third-order valence-electron chi connectivity index (χ3n) is 3.18. The van der Waals surface area contributed by atoms with E-state index in [1.54, 1.807) is 6.07 Å². The molecule has 0 unspecified atom stereocenters. The Hall–Kier alpha value is -2.62. The van der Waals surface area contributed by atoms with Crippen molar-refractivity contribution in [3.05, 3.63) is 72.1 Å². The van der Waals surface area contributed by atoms with Gasteiger partial charge < -0.3 is 10.1 Å². The second-order valence-corrected chi connectivity index (χ2v) is 4.80. The summed E-state index contributed by atoms with van der Waals surface area (Å²) >= 11 is 0. The second kappa shape index (κ2) is 7.41. The Morgan fingerprint density at radius 3 is 2.73 bits per heavy atom. The van der Waals surface area contributed by atoms with Gasteiger partial charge in [0.1, 0.15) is 6.61 Å². The number of carbonyl (C=O) groups excluding carboxylic acids is 1. The summed E-state index contributed by atoms with van der Waals surface area (Å²) in [6, 6.07) is 12.3. The maximum Gasteiger partial charge on any atom is 0.247 e. The van der Waals surface area contributed by atoms with Crippen LogP contribution in [0.15, 0.2) is 55.1 Å². The number of halogens is 1. The van der Waals surface area contributed by atoms with Gasteiger partial charge in [0.25, 0.3) is 0 Å². The Balaban J connectivity index is 2.03. The van der Waals surface area contributed by atoms with Gasteiger partial charge in [0.2, 0.25) is 5.91 Å². The molecule has 0 saturated heterocycles. The highest BCUT2D eigenvalue weighted by molar-refractivity contribution is 5.98. The van der Waals surface area contributed by atoms with Gasteiger partial charge in [-0.1, -0.05) is 37.8 Å². The molecule has 0 spiro atoms.